The minimum atomic E-state index is -0.992. The molecule has 9 heteroatoms. The first-order valence-electron chi connectivity index (χ1n) is 24.0. The maximum Gasteiger partial charge on any atom is 0.320 e. The van der Waals surface area contributed by atoms with E-state index in [4.69, 9.17) is 9.47 Å². The van der Waals surface area contributed by atoms with E-state index in [1.165, 1.54) is 63.2 Å². The molecule has 0 aromatic carbocycles. The molecule has 0 radical (unpaired) electrons. The Morgan fingerprint density at radius 2 is 1.51 bits per heavy atom. The summed E-state index contributed by atoms with van der Waals surface area (Å²) >= 11 is 0. The van der Waals surface area contributed by atoms with Gasteiger partial charge in [0.05, 0.1) is 18.5 Å². The third-order valence-electron chi connectivity index (χ3n) is 14.5. The molecule has 6 rings (SSSR count). The summed E-state index contributed by atoms with van der Waals surface area (Å²) in [5.74, 6) is 0.445. The van der Waals surface area contributed by atoms with Crippen LogP contribution in [0.4, 0.5) is 0 Å². The number of esters is 2. The van der Waals surface area contributed by atoms with Gasteiger partial charge in [0.2, 0.25) is 0 Å². The molecule has 3 aromatic rings. The molecule has 8 bridgehead atoms. The second-order valence-electron chi connectivity index (χ2n) is 19.4. The van der Waals surface area contributed by atoms with E-state index in [2.05, 4.69) is 107 Å². The number of nitrogens with one attached hydrogen (secondary N) is 4. The Hall–Kier alpha value is -4.92. The zero-order valence-corrected chi connectivity index (χ0v) is 40.0. The topological polar surface area (TPSA) is 132 Å². The summed E-state index contributed by atoms with van der Waals surface area (Å²) in [7, 11) is 1.36. The van der Waals surface area contributed by atoms with Crippen LogP contribution in [0.25, 0.3) is 35.6 Å². The third kappa shape index (κ3) is 10.6. The van der Waals surface area contributed by atoms with E-state index >= 15 is 0 Å². The van der Waals surface area contributed by atoms with Crippen molar-refractivity contribution in [3.05, 3.63) is 90.6 Å². The number of allylic oxidation sites excluding steroid dienone is 2. The van der Waals surface area contributed by atoms with Crippen molar-refractivity contribution in [1.82, 2.24) is 20.3 Å². The highest BCUT2D eigenvalue weighted by atomic mass is 16.5. The van der Waals surface area contributed by atoms with Gasteiger partial charge in [-0.05, 0) is 116 Å². The maximum atomic E-state index is 13.6. The molecule has 5 N–H and O–H groups in total. The highest BCUT2D eigenvalue weighted by molar-refractivity contribution is 5.95. The maximum absolute atomic E-state index is 13.6. The number of aromatic nitrogens is 3. The zero-order valence-electron chi connectivity index (χ0n) is 40.0. The van der Waals surface area contributed by atoms with Gasteiger partial charge in [0.15, 0.2) is 0 Å². The van der Waals surface area contributed by atoms with Crippen molar-refractivity contribution in [2.45, 2.75) is 145 Å². The first-order chi connectivity index (χ1) is 30.2. The minimum absolute atomic E-state index is 0.0157. The number of carbonyl (C=O) groups excluding carboxylic acids is 2. The highest BCUT2D eigenvalue weighted by Crippen LogP contribution is 2.42. The van der Waals surface area contributed by atoms with Gasteiger partial charge in [0.25, 0.3) is 0 Å². The monoisotopic (exact) mass is 861 g/mol. The molecule has 1 aliphatic carbocycles. The highest BCUT2D eigenvalue weighted by Gasteiger charge is 2.47. The second kappa shape index (κ2) is 21.2. The predicted molar refractivity (Wildman–Crippen MR) is 258 cm³/mol. The molecule has 1 fully saturated rings. The van der Waals surface area contributed by atoms with Crippen LogP contribution >= 0.6 is 0 Å². The number of unbranched alkanes of at least 4 members (excludes halogenated alkanes) is 1. The van der Waals surface area contributed by atoms with Gasteiger partial charge in [-0.15, -0.1) is 0 Å². The van der Waals surface area contributed by atoms with Crippen molar-refractivity contribution in [3.63, 3.8) is 0 Å². The van der Waals surface area contributed by atoms with Crippen LogP contribution < -0.4 is 26.6 Å². The van der Waals surface area contributed by atoms with Crippen LogP contribution in [0.15, 0.2) is 24.4 Å². The molecule has 1 saturated heterocycles. The van der Waals surface area contributed by atoms with Crippen LogP contribution in [0.5, 0.6) is 0 Å². The second-order valence-corrected chi connectivity index (χ2v) is 19.4. The molecule has 6 atom stereocenters. The number of H-pyrrole nitrogens is 3. The predicted octanol–water partition coefficient (Wildman–Crippen LogP) is 8.98. The van der Waals surface area contributed by atoms with Crippen LogP contribution in [-0.2, 0) is 25.5 Å². The van der Waals surface area contributed by atoms with Crippen LogP contribution in [0, 0.1) is 56.3 Å². The Morgan fingerprint density at radius 1 is 0.841 bits per heavy atom. The van der Waals surface area contributed by atoms with E-state index in [9.17, 15) is 14.7 Å². The lowest BCUT2D eigenvalue weighted by Crippen LogP contribution is -2.38. The van der Waals surface area contributed by atoms with Crippen LogP contribution in [0.1, 0.15) is 157 Å². The molecule has 5 heterocycles. The van der Waals surface area contributed by atoms with Crippen molar-refractivity contribution in [2.24, 2.45) is 35.5 Å². The minimum Gasteiger partial charge on any atom is -0.510 e. The summed E-state index contributed by atoms with van der Waals surface area (Å²) in [4.78, 5) is 38.0. The summed E-state index contributed by atoms with van der Waals surface area (Å²) in [5, 5.41) is 19.1. The quantitative estimate of drug-likeness (QED) is 0.0438. The number of rotatable bonds is 20. The Balaban J connectivity index is 1.20. The number of ether oxygens (including phenoxy) is 2. The van der Waals surface area contributed by atoms with Gasteiger partial charge in [-0.2, -0.15) is 0 Å². The fourth-order valence-corrected chi connectivity index (χ4v) is 10.5. The molecule has 3 aliphatic rings. The number of fused-ring (bicyclic) bond motifs is 8. The van der Waals surface area contributed by atoms with Gasteiger partial charge >= 0.3 is 11.9 Å². The molecule has 0 saturated carbocycles. The number of hydrogen-bond acceptors (Lipinski definition) is 6. The van der Waals surface area contributed by atoms with Gasteiger partial charge in [-0.1, -0.05) is 111 Å². The van der Waals surface area contributed by atoms with E-state index in [1.54, 1.807) is 0 Å². The first-order valence-corrected chi connectivity index (χ1v) is 24.0. The van der Waals surface area contributed by atoms with Gasteiger partial charge in [-0.25, -0.2) is 0 Å². The Morgan fingerprint density at radius 3 is 2.17 bits per heavy atom. The van der Waals surface area contributed by atoms with E-state index in [1.807, 2.05) is 19.1 Å². The molecule has 3 aromatic heterocycles. The molecule has 342 valence electrons. The molecular weight excluding hydrogens is 785 g/mol. The standard InChI is InChI=1S/C54H76N4O5/c1-12-38-34(7)41-28-43-36(9)40(25-26-47(59)63-27-17-15-14-16-21-32(5)23-19-24-33(6)22-18-20-31(3)4)51(57-43)49-50(54(61)62-11)53(60)48-37(10)44(58-52(48)49)30-46-39(13-2)35(8)42(56-46)29-45(38)55-41/h12,15,17,28-33,36,40,50-51,55-58,60H,1,13-14,16,18-27H2,2-11H3/b17-15+,42-29-,43-28-,46-30-/t32-,33+,36-,40-,50+,51?/m0/s1. The SMILES string of the molecule is C=Cc1c2[nH]c(c1C)/C=C1\NC(C3=c4[nH]c(c(C)c4=C(O)[C@@H]3C(=O)OC)/C=c3\[nH]/c(c(C)c3CC)=C\2)[C@@H](CCC(=O)OC/C=C/CCC[C@H](C)CCC[C@H](C)CCCC(C)C)[C@@H]1C. The van der Waals surface area contributed by atoms with Gasteiger partial charge in [0, 0.05) is 56.6 Å². The molecule has 1 unspecified atom stereocenters. The summed E-state index contributed by atoms with van der Waals surface area (Å²) in [6.07, 6.45) is 25.4. The Bertz CT molecular complexity index is 2450. The number of aliphatic hydroxyl groups is 1. The molecule has 0 spiro atoms. The Labute approximate surface area is 376 Å². The summed E-state index contributed by atoms with van der Waals surface area (Å²) in [6, 6.07) is -0.392. The Kier molecular flexibility index (Phi) is 16.0. The average Bonchev–Trinajstić information content (AvgIpc) is 3.99. The number of aromatic amines is 3. The van der Waals surface area contributed by atoms with Gasteiger partial charge < -0.3 is 34.8 Å². The van der Waals surface area contributed by atoms with Crippen molar-refractivity contribution in [3.8, 4) is 0 Å². The summed E-state index contributed by atoms with van der Waals surface area (Å²) in [5.41, 5.74) is 9.81. The van der Waals surface area contributed by atoms with E-state index in [0.717, 1.165) is 98.1 Å². The molecule has 9 nitrogen and oxygen atoms in total. The number of methoxy groups -OCH3 is 1. The lowest BCUT2D eigenvalue weighted by atomic mass is 9.80. The van der Waals surface area contributed by atoms with Gasteiger partial charge in [0.1, 0.15) is 18.3 Å². The number of hydrogen-bond donors (Lipinski definition) is 5. The normalized spacial score (nSPS) is 22.0. The zero-order chi connectivity index (χ0) is 45.5. The first kappa shape index (κ1) is 47.6. The van der Waals surface area contributed by atoms with Crippen molar-refractivity contribution in [2.75, 3.05) is 13.7 Å². The van der Waals surface area contributed by atoms with Gasteiger partial charge in [-0.3, -0.25) is 9.59 Å². The fraction of sp³-hybridized carbons (Fsp3) is 0.556. The number of aliphatic hydroxyl groups excluding tert-OH is 1. The van der Waals surface area contributed by atoms with Crippen molar-refractivity contribution >= 4 is 47.6 Å². The molecular formula is C54H76N4O5. The van der Waals surface area contributed by atoms with E-state index in [0.29, 0.717) is 11.6 Å². The van der Waals surface area contributed by atoms with E-state index in [-0.39, 0.29) is 36.6 Å². The average molecular weight is 861 g/mol. The lowest BCUT2D eigenvalue weighted by molar-refractivity contribution is -0.143. The number of carbonyl (C=O) groups is 2. The molecule has 2 aliphatic heterocycles. The van der Waals surface area contributed by atoms with Crippen molar-refractivity contribution < 1.29 is 24.2 Å². The van der Waals surface area contributed by atoms with Crippen molar-refractivity contribution in [1.29, 1.82) is 0 Å². The third-order valence-corrected chi connectivity index (χ3v) is 14.5. The van der Waals surface area contributed by atoms with Crippen LogP contribution in [-0.4, -0.2) is 51.8 Å². The lowest BCUT2D eigenvalue weighted by Gasteiger charge is -2.26. The van der Waals surface area contributed by atoms with E-state index < -0.39 is 17.9 Å². The fourth-order valence-electron chi connectivity index (χ4n) is 10.5. The smallest absolute Gasteiger partial charge is 0.320 e. The summed E-state index contributed by atoms with van der Waals surface area (Å²) in [6.45, 7) is 24.4. The molecule has 0 amide bonds. The largest absolute Gasteiger partial charge is 0.510 e. The summed E-state index contributed by atoms with van der Waals surface area (Å²) < 4.78 is 11.1. The molecule has 63 heavy (non-hydrogen) atoms. The van der Waals surface area contributed by atoms with Crippen LogP contribution in [0.3, 0.4) is 0 Å². The van der Waals surface area contributed by atoms with Crippen LogP contribution in [0.2, 0.25) is 0 Å².